The average molecular weight is 240 g/mol. The fraction of sp³-hybridized carbons (Fsp3) is 0.286. The molecule has 0 amide bonds. The van der Waals surface area contributed by atoms with Gasteiger partial charge in [-0.25, -0.2) is 4.98 Å². The molecule has 1 heterocycles. The number of imidazole rings is 1. The molecule has 0 spiro atoms. The zero-order chi connectivity index (χ0) is 13.1. The lowest BCUT2D eigenvalue weighted by molar-refractivity contribution is 0.816. The van der Waals surface area contributed by atoms with Crippen LogP contribution in [-0.4, -0.2) is 16.6 Å². The maximum Gasteiger partial charge on any atom is 0.101 e. The Hall–Kier alpha value is -2.12. The van der Waals surface area contributed by atoms with Crippen molar-refractivity contribution in [2.24, 2.45) is 0 Å². The second-order valence-corrected chi connectivity index (χ2v) is 4.28. The maximum absolute atomic E-state index is 9.27. The highest BCUT2D eigenvalue weighted by Crippen LogP contribution is 2.19. The van der Waals surface area contributed by atoms with Crippen LogP contribution in [0.3, 0.4) is 0 Å². The summed E-state index contributed by atoms with van der Waals surface area (Å²) in [5.41, 5.74) is 4.71. The molecule has 1 aromatic heterocycles. The van der Waals surface area contributed by atoms with Gasteiger partial charge in [0.15, 0.2) is 0 Å². The lowest BCUT2D eigenvalue weighted by Gasteiger charge is -2.09. The van der Waals surface area contributed by atoms with Gasteiger partial charge in [-0.2, -0.15) is 5.26 Å². The van der Waals surface area contributed by atoms with Gasteiger partial charge in [0.2, 0.25) is 0 Å². The molecule has 4 nitrogen and oxygen atoms in total. The molecule has 2 rings (SSSR count). The Labute approximate surface area is 107 Å². The van der Waals surface area contributed by atoms with E-state index in [0.717, 1.165) is 29.2 Å². The molecule has 0 saturated heterocycles. The first-order chi connectivity index (χ1) is 8.67. The first kappa shape index (κ1) is 12.3. The van der Waals surface area contributed by atoms with Crippen molar-refractivity contribution in [3.63, 3.8) is 0 Å². The lowest BCUT2D eigenvalue weighted by atomic mass is 10.1. The van der Waals surface area contributed by atoms with Crippen LogP contribution in [0.15, 0.2) is 24.5 Å². The summed E-state index contributed by atoms with van der Waals surface area (Å²) in [7, 11) is 1.89. The van der Waals surface area contributed by atoms with Gasteiger partial charge in [-0.1, -0.05) is 6.07 Å². The summed E-state index contributed by atoms with van der Waals surface area (Å²) in [5.74, 6) is 0. The van der Waals surface area contributed by atoms with E-state index < -0.39 is 0 Å². The van der Waals surface area contributed by atoms with Gasteiger partial charge in [0.25, 0.3) is 0 Å². The standard InChI is InChI=1S/C14H16N4/c1-10-11(2)18(9-17-10)14-5-4-12(8-16-3)6-13(14)7-15/h4-6,9,16H,8H2,1-3H3. The van der Waals surface area contributed by atoms with Gasteiger partial charge in [-0.15, -0.1) is 0 Å². The number of aryl methyl sites for hydroxylation is 1. The summed E-state index contributed by atoms with van der Waals surface area (Å²) in [4.78, 5) is 4.27. The number of benzene rings is 1. The summed E-state index contributed by atoms with van der Waals surface area (Å²) in [5, 5.41) is 12.3. The predicted octanol–water partition coefficient (Wildman–Crippen LogP) is 2.08. The van der Waals surface area contributed by atoms with E-state index in [2.05, 4.69) is 16.4 Å². The van der Waals surface area contributed by atoms with Crippen LogP contribution < -0.4 is 5.32 Å². The topological polar surface area (TPSA) is 53.6 Å². The van der Waals surface area contributed by atoms with Crippen LogP contribution >= 0.6 is 0 Å². The normalized spacial score (nSPS) is 10.3. The van der Waals surface area contributed by atoms with E-state index in [1.807, 2.05) is 43.7 Å². The molecule has 0 fully saturated rings. The van der Waals surface area contributed by atoms with Crippen molar-refractivity contribution in [2.45, 2.75) is 20.4 Å². The molecule has 1 aromatic carbocycles. The Kier molecular flexibility index (Phi) is 3.45. The minimum atomic E-state index is 0.670. The van der Waals surface area contributed by atoms with Crippen molar-refractivity contribution in [3.05, 3.63) is 47.0 Å². The SMILES string of the molecule is CNCc1ccc(-n2cnc(C)c2C)c(C#N)c1. The zero-order valence-corrected chi connectivity index (χ0v) is 10.9. The highest BCUT2D eigenvalue weighted by molar-refractivity contribution is 5.51. The summed E-state index contributed by atoms with van der Waals surface area (Å²) >= 11 is 0. The van der Waals surface area contributed by atoms with Gasteiger partial charge >= 0.3 is 0 Å². The van der Waals surface area contributed by atoms with Gasteiger partial charge < -0.3 is 9.88 Å². The van der Waals surface area contributed by atoms with Crippen molar-refractivity contribution in [2.75, 3.05) is 7.05 Å². The quantitative estimate of drug-likeness (QED) is 0.893. The summed E-state index contributed by atoms with van der Waals surface area (Å²) in [6, 6.07) is 8.17. The molecule has 18 heavy (non-hydrogen) atoms. The molecule has 92 valence electrons. The first-order valence-corrected chi connectivity index (χ1v) is 5.86. The minimum Gasteiger partial charge on any atom is -0.316 e. The van der Waals surface area contributed by atoms with Crippen molar-refractivity contribution < 1.29 is 0 Å². The van der Waals surface area contributed by atoms with Crippen LogP contribution in [0.2, 0.25) is 0 Å². The van der Waals surface area contributed by atoms with Gasteiger partial charge in [0.1, 0.15) is 6.07 Å². The average Bonchev–Trinajstić information content (AvgIpc) is 2.70. The van der Waals surface area contributed by atoms with Crippen molar-refractivity contribution in [1.29, 1.82) is 5.26 Å². The molecule has 0 atom stereocenters. The van der Waals surface area contributed by atoms with Gasteiger partial charge in [0.05, 0.1) is 23.3 Å². The maximum atomic E-state index is 9.27. The fourth-order valence-electron chi connectivity index (χ4n) is 1.94. The molecule has 0 unspecified atom stereocenters. The third-order valence-electron chi connectivity index (χ3n) is 3.07. The van der Waals surface area contributed by atoms with E-state index in [4.69, 9.17) is 0 Å². The number of nitriles is 1. The highest BCUT2D eigenvalue weighted by Gasteiger charge is 2.09. The molecule has 1 N–H and O–H groups in total. The molecule has 0 aliphatic heterocycles. The van der Waals surface area contributed by atoms with Crippen molar-refractivity contribution >= 4 is 0 Å². The Morgan fingerprint density at radius 2 is 2.17 bits per heavy atom. The summed E-state index contributed by atoms with van der Waals surface area (Å²) in [6.07, 6.45) is 1.76. The van der Waals surface area contributed by atoms with Crippen molar-refractivity contribution in [3.8, 4) is 11.8 Å². The first-order valence-electron chi connectivity index (χ1n) is 5.86. The molecular formula is C14H16N4. The monoisotopic (exact) mass is 240 g/mol. The van der Waals surface area contributed by atoms with Crippen LogP contribution in [0.1, 0.15) is 22.5 Å². The van der Waals surface area contributed by atoms with Crippen molar-refractivity contribution in [1.82, 2.24) is 14.9 Å². The Morgan fingerprint density at radius 1 is 1.39 bits per heavy atom. The van der Waals surface area contributed by atoms with Gasteiger partial charge in [-0.05, 0) is 38.6 Å². The number of nitrogens with one attached hydrogen (secondary N) is 1. The number of rotatable bonds is 3. The van der Waals surface area contributed by atoms with E-state index in [0.29, 0.717) is 5.56 Å². The van der Waals surface area contributed by atoms with E-state index in [-0.39, 0.29) is 0 Å². The van der Waals surface area contributed by atoms with Crippen LogP contribution in [0.5, 0.6) is 0 Å². The van der Waals surface area contributed by atoms with Crippen LogP contribution in [0.25, 0.3) is 5.69 Å². The van der Waals surface area contributed by atoms with Gasteiger partial charge in [0, 0.05) is 12.2 Å². The lowest BCUT2D eigenvalue weighted by Crippen LogP contribution is -2.06. The van der Waals surface area contributed by atoms with E-state index in [1.165, 1.54) is 0 Å². The van der Waals surface area contributed by atoms with Crippen LogP contribution in [-0.2, 0) is 6.54 Å². The molecule has 2 aromatic rings. The van der Waals surface area contributed by atoms with Crippen LogP contribution in [0, 0.1) is 25.2 Å². The van der Waals surface area contributed by atoms with E-state index >= 15 is 0 Å². The second-order valence-electron chi connectivity index (χ2n) is 4.28. The zero-order valence-electron chi connectivity index (χ0n) is 10.9. The molecule has 0 aliphatic carbocycles. The fourth-order valence-corrected chi connectivity index (χ4v) is 1.94. The molecule has 0 bridgehead atoms. The number of aromatic nitrogens is 2. The summed E-state index contributed by atoms with van der Waals surface area (Å²) < 4.78 is 1.96. The third-order valence-corrected chi connectivity index (χ3v) is 3.07. The van der Waals surface area contributed by atoms with E-state index in [9.17, 15) is 5.26 Å². The summed E-state index contributed by atoms with van der Waals surface area (Å²) in [6.45, 7) is 4.73. The number of hydrogen-bond donors (Lipinski definition) is 1. The van der Waals surface area contributed by atoms with Crippen LogP contribution in [0.4, 0.5) is 0 Å². The van der Waals surface area contributed by atoms with E-state index in [1.54, 1.807) is 6.33 Å². The minimum absolute atomic E-state index is 0.670. The number of nitrogens with zero attached hydrogens (tertiary/aromatic N) is 3. The Morgan fingerprint density at radius 3 is 2.72 bits per heavy atom. The second kappa shape index (κ2) is 5.03. The highest BCUT2D eigenvalue weighted by atomic mass is 15.1. The number of hydrogen-bond acceptors (Lipinski definition) is 3. The van der Waals surface area contributed by atoms with Gasteiger partial charge in [-0.3, -0.25) is 0 Å². The third kappa shape index (κ3) is 2.13. The molecule has 0 aliphatic rings. The molecule has 4 heteroatoms. The molecule has 0 saturated carbocycles. The smallest absolute Gasteiger partial charge is 0.101 e. The Bertz CT molecular complexity index is 605. The largest absolute Gasteiger partial charge is 0.316 e. The molecular weight excluding hydrogens is 224 g/mol. The molecule has 0 radical (unpaired) electrons. The predicted molar refractivity (Wildman–Crippen MR) is 70.5 cm³/mol. The Balaban J connectivity index is 2.52.